The van der Waals surface area contributed by atoms with Crippen LogP contribution in [0.3, 0.4) is 0 Å². The molecule has 0 spiro atoms. The van der Waals surface area contributed by atoms with Crippen LogP contribution in [-0.2, 0) is 6.42 Å². The molecule has 0 aliphatic heterocycles. The molecule has 1 aromatic heterocycles. The van der Waals surface area contributed by atoms with Gasteiger partial charge in [0.2, 0.25) is 0 Å². The standard InChI is InChI=1S/C14H11ClFNO/c1-2-9-8-17-6-5-11(9)14(18)12-7-10(16)3-4-13(12)15/h3-8H,2H2,1H3. The summed E-state index contributed by atoms with van der Waals surface area (Å²) in [6, 6.07) is 5.40. The largest absolute Gasteiger partial charge is 0.289 e. The van der Waals surface area contributed by atoms with Gasteiger partial charge in [-0.1, -0.05) is 18.5 Å². The van der Waals surface area contributed by atoms with Crippen LogP contribution in [0.1, 0.15) is 28.4 Å². The average molecular weight is 264 g/mol. The van der Waals surface area contributed by atoms with Crippen molar-refractivity contribution in [3.63, 3.8) is 0 Å². The second-order valence-electron chi connectivity index (χ2n) is 3.84. The number of hydrogen-bond donors (Lipinski definition) is 0. The number of pyridine rings is 1. The highest BCUT2D eigenvalue weighted by Crippen LogP contribution is 2.22. The molecule has 0 fully saturated rings. The van der Waals surface area contributed by atoms with Crippen molar-refractivity contribution in [2.75, 3.05) is 0 Å². The van der Waals surface area contributed by atoms with E-state index in [-0.39, 0.29) is 16.4 Å². The third kappa shape index (κ3) is 2.41. The Labute approximate surface area is 109 Å². The summed E-state index contributed by atoms with van der Waals surface area (Å²) < 4.78 is 13.2. The summed E-state index contributed by atoms with van der Waals surface area (Å²) in [5, 5.41) is 0.250. The molecule has 0 radical (unpaired) electrons. The van der Waals surface area contributed by atoms with Crippen LogP contribution < -0.4 is 0 Å². The van der Waals surface area contributed by atoms with Gasteiger partial charge in [-0.2, -0.15) is 0 Å². The topological polar surface area (TPSA) is 30.0 Å². The number of carbonyl (C=O) groups excluding carboxylic acids is 1. The maximum absolute atomic E-state index is 13.2. The first-order valence-corrected chi connectivity index (χ1v) is 5.94. The van der Waals surface area contributed by atoms with Crippen LogP contribution in [-0.4, -0.2) is 10.8 Å². The van der Waals surface area contributed by atoms with E-state index in [9.17, 15) is 9.18 Å². The monoisotopic (exact) mass is 263 g/mol. The van der Waals surface area contributed by atoms with E-state index >= 15 is 0 Å². The first kappa shape index (κ1) is 12.7. The number of aromatic nitrogens is 1. The molecule has 0 saturated heterocycles. The van der Waals surface area contributed by atoms with E-state index in [2.05, 4.69) is 4.98 Å². The van der Waals surface area contributed by atoms with Gasteiger partial charge in [0.1, 0.15) is 5.82 Å². The van der Waals surface area contributed by atoms with Gasteiger partial charge >= 0.3 is 0 Å². The third-order valence-corrected chi connectivity index (χ3v) is 3.03. The molecule has 0 aliphatic rings. The van der Waals surface area contributed by atoms with Gasteiger partial charge in [-0.15, -0.1) is 0 Å². The van der Waals surface area contributed by atoms with Gasteiger partial charge in [0.15, 0.2) is 5.78 Å². The lowest BCUT2D eigenvalue weighted by Gasteiger charge is -2.07. The number of rotatable bonds is 3. The van der Waals surface area contributed by atoms with Crippen LogP contribution in [0.4, 0.5) is 4.39 Å². The predicted molar refractivity (Wildman–Crippen MR) is 68.5 cm³/mol. The lowest BCUT2D eigenvalue weighted by molar-refractivity contribution is 0.103. The molecule has 1 heterocycles. The van der Waals surface area contributed by atoms with E-state index in [1.165, 1.54) is 12.1 Å². The van der Waals surface area contributed by atoms with Crippen LogP contribution >= 0.6 is 11.6 Å². The van der Waals surface area contributed by atoms with E-state index in [0.717, 1.165) is 11.6 Å². The van der Waals surface area contributed by atoms with Crippen LogP contribution in [0.15, 0.2) is 36.7 Å². The SMILES string of the molecule is CCc1cnccc1C(=O)c1cc(F)ccc1Cl. The summed E-state index contributed by atoms with van der Waals surface area (Å²) in [6.07, 6.45) is 3.86. The molecular weight excluding hydrogens is 253 g/mol. The second kappa shape index (κ2) is 5.27. The van der Waals surface area contributed by atoms with E-state index in [1.54, 1.807) is 18.5 Å². The van der Waals surface area contributed by atoms with Crippen molar-refractivity contribution in [2.24, 2.45) is 0 Å². The third-order valence-electron chi connectivity index (χ3n) is 2.70. The van der Waals surface area contributed by atoms with E-state index in [0.29, 0.717) is 12.0 Å². The quantitative estimate of drug-likeness (QED) is 0.791. The highest BCUT2D eigenvalue weighted by Gasteiger charge is 2.16. The van der Waals surface area contributed by atoms with Gasteiger partial charge in [-0.05, 0) is 36.2 Å². The molecule has 2 nitrogen and oxygen atoms in total. The van der Waals surface area contributed by atoms with Crippen LogP contribution in [0.2, 0.25) is 5.02 Å². The van der Waals surface area contributed by atoms with E-state index in [4.69, 9.17) is 11.6 Å². The first-order valence-electron chi connectivity index (χ1n) is 5.56. The molecule has 4 heteroatoms. The maximum atomic E-state index is 13.2. The van der Waals surface area contributed by atoms with E-state index < -0.39 is 5.82 Å². The molecule has 92 valence electrons. The molecule has 18 heavy (non-hydrogen) atoms. The molecule has 0 amide bonds. The minimum Gasteiger partial charge on any atom is -0.289 e. The summed E-state index contributed by atoms with van der Waals surface area (Å²) in [5.41, 5.74) is 1.51. The van der Waals surface area contributed by atoms with Crippen LogP contribution in [0.25, 0.3) is 0 Å². The number of aryl methyl sites for hydroxylation is 1. The fourth-order valence-electron chi connectivity index (χ4n) is 1.75. The number of carbonyl (C=O) groups is 1. The zero-order chi connectivity index (χ0) is 13.1. The lowest BCUT2D eigenvalue weighted by Crippen LogP contribution is -2.06. The van der Waals surface area contributed by atoms with E-state index in [1.807, 2.05) is 6.92 Å². The normalized spacial score (nSPS) is 10.4. The maximum Gasteiger partial charge on any atom is 0.195 e. The van der Waals surface area contributed by atoms with Gasteiger partial charge in [0, 0.05) is 23.5 Å². The Hall–Kier alpha value is -1.74. The zero-order valence-corrected chi connectivity index (χ0v) is 10.5. The Kier molecular flexibility index (Phi) is 3.72. The van der Waals surface area contributed by atoms with Gasteiger partial charge in [0.25, 0.3) is 0 Å². The fraction of sp³-hybridized carbons (Fsp3) is 0.143. The van der Waals surface area contributed by atoms with Crippen LogP contribution in [0, 0.1) is 5.82 Å². The first-order chi connectivity index (χ1) is 8.63. The van der Waals surface area contributed by atoms with Crippen molar-refractivity contribution in [3.05, 3.63) is 64.2 Å². The van der Waals surface area contributed by atoms with Gasteiger partial charge in [0.05, 0.1) is 5.02 Å². The molecule has 0 unspecified atom stereocenters. The summed E-state index contributed by atoms with van der Waals surface area (Å²) in [6.45, 7) is 1.93. The molecule has 0 saturated carbocycles. The minimum atomic E-state index is -0.477. The number of nitrogens with zero attached hydrogens (tertiary/aromatic N) is 1. The zero-order valence-electron chi connectivity index (χ0n) is 9.78. The summed E-state index contributed by atoms with van der Waals surface area (Å²) in [4.78, 5) is 16.3. The molecule has 0 N–H and O–H groups in total. The highest BCUT2D eigenvalue weighted by molar-refractivity contribution is 6.35. The molecule has 0 atom stereocenters. The minimum absolute atomic E-state index is 0.178. The molecule has 0 aliphatic carbocycles. The highest BCUT2D eigenvalue weighted by atomic mass is 35.5. The number of hydrogen-bond acceptors (Lipinski definition) is 2. The van der Waals surface area contributed by atoms with Crippen molar-refractivity contribution in [1.29, 1.82) is 0 Å². The van der Waals surface area contributed by atoms with Gasteiger partial charge in [-0.3, -0.25) is 9.78 Å². The predicted octanol–water partition coefficient (Wildman–Crippen LogP) is 3.67. The Morgan fingerprint density at radius 3 is 2.83 bits per heavy atom. The van der Waals surface area contributed by atoms with Crippen molar-refractivity contribution >= 4 is 17.4 Å². The number of ketones is 1. The number of benzene rings is 1. The molecule has 0 bridgehead atoms. The second-order valence-corrected chi connectivity index (χ2v) is 4.25. The van der Waals surface area contributed by atoms with Crippen molar-refractivity contribution in [2.45, 2.75) is 13.3 Å². The molecule has 2 rings (SSSR count). The Bertz CT molecular complexity index is 598. The summed E-state index contributed by atoms with van der Waals surface area (Å²) in [7, 11) is 0. The Morgan fingerprint density at radius 2 is 2.11 bits per heavy atom. The van der Waals surface area contributed by atoms with Crippen molar-refractivity contribution in [3.8, 4) is 0 Å². The lowest BCUT2D eigenvalue weighted by atomic mass is 9.99. The molecule has 2 aromatic rings. The Morgan fingerprint density at radius 1 is 1.33 bits per heavy atom. The van der Waals surface area contributed by atoms with Crippen LogP contribution in [0.5, 0.6) is 0 Å². The van der Waals surface area contributed by atoms with Gasteiger partial charge in [-0.25, -0.2) is 4.39 Å². The Balaban J connectivity index is 2.51. The number of halogens is 2. The summed E-state index contributed by atoms with van der Waals surface area (Å²) in [5.74, 6) is -0.756. The van der Waals surface area contributed by atoms with Crippen molar-refractivity contribution < 1.29 is 9.18 Å². The fourth-order valence-corrected chi connectivity index (χ4v) is 1.95. The summed E-state index contributed by atoms with van der Waals surface area (Å²) >= 11 is 5.93. The average Bonchev–Trinajstić information content (AvgIpc) is 2.40. The molecular formula is C14H11ClFNO. The smallest absolute Gasteiger partial charge is 0.195 e. The van der Waals surface area contributed by atoms with Crippen molar-refractivity contribution in [1.82, 2.24) is 4.98 Å². The van der Waals surface area contributed by atoms with Gasteiger partial charge < -0.3 is 0 Å². The molecule has 1 aromatic carbocycles.